The van der Waals surface area contributed by atoms with Crippen molar-refractivity contribution in [3.05, 3.63) is 29.8 Å². The van der Waals surface area contributed by atoms with Gasteiger partial charge in [-0.25, -0.2) is 0 Å². The van der Waals surface area contributed by atoms with Crippen molar-refractivity contribution in [1.29, 1.82) is 0 Å². The SMILES string of the molecule is C[C@@](O)(CN)c1cccc(OCC2CC2)c1. The van der Waals surface area contributed by atoms with Gasteiger partial charge in [-0.1, -0.05) is 12.1 Å². The van der Waals surface area contributed by atoms with Crippen molar-refractivity contribution in [2.75, 3.05) is 13.2 Å². The molecule has 2 rings (SSSR count). The van der Waals surface area contributed by atoms with Gasteiger partial charge < -0.3 is 15.6 Å². The number of hydrogen-bond donors (Lipinski definition) is 2. The molecule has 3 heteroatoms. The molecule has 0 aliphatic heterocycles. The van der Waals surface area contributed by atoms with Gasteiger partial charge in [0.25, 0.3) is 0 Å². The van der Waals surface area contributed by atoms with Gasteiger partial charge in [-0.2, -0.15) is 0 Å². The molecule has 0 spiro atoms. The third-order valence-electron chi connectivity index (χ3n) is 3.04. The maximum atomic E-state index is 10.0. The molecule has 1 atom stereocenters. The number of hydrogen-bond acceptors (Lipinski definition) is 3. The Morgan fingerprint density at radius 2 is 2.25 bits per heavy atom. The van der Waals surface area contributed by atoms with Crippen LogP contribution in [0.1, 0.15) is 25.3 Å². The summed E-state index contributed by atoms with van der Waals surface area (Å²) in [4.78, 5) is 0. The van der Waals surface area contributed by atoms with Crippen LogP contribution in [0.25, 0.3) is 0 Å². The largest absolute Gasteiger partial charge is 0.493 e. The highest BCUT2D eigenvalue weighted by molar-refractivity contribution is 5.32. The molecular formula is C13H19NO2. The van der Waals surface area contributed by atoms with E-state index in [1.54, 1.807) is 6.92 Å². The van der Waals surface area contributed by atoms with Gasteiger partial charge in [0.15, 0.2) is 0 Å². The van der Waals surface area contributed by atoms with E-state index in [0.717, 1.165) is 23.8 Å². The first-order valence-corrected chi connectivity index (χ1v) is 5.77. The molecule has 3 nitrogen and oxygen atoms in total. The first-order valence-electron chi connectivity index (χ1n) is 5.77. The molecule has 1 saturated carbocycles. The summed E-state index contributed by atoms with van der Waals surface area (Å²) in [5, 5.41) is 10.0. The van der Waals surface area contributed by atoms with Gasteiger partial charge in [-0.15, -0.1) is 0 Å². The van der Waals surface area contributed by atoms with Gasteiger partial charge in [0.1, 0.15) is 5.75 Å². The van der Waals surface area contributed by atoms with E-state index >= 15 is 0 Å². The van der Waals surface area contributed by atoms with Gasteiger partial charge in [0.2, 0.25) is 0 Å². The highest BCUT2D eigenvalue weighted by Gasteiger charge is 2.23. The molecule has 1 aliphatic rings. The molecule has 1 aromatic carbocycles. The van der Waals surface area contributed by atoms with E-state index < -0.39 is 5.60 Å². The van der Waals surface area contributed by atoms with Crippen LogP contribution in [0.4, 0.5) is 0 Å². The molecule has 0 bridgehead atoms. The highest BCUT2D eigenvalue weighted by Crippen LogP contribution is 2.30. The van der Waals surface area contributed by atoms with Gasteiger partial charge in [-0.05, 0) is 43.4 Å². The standard InChI is InChI=1S/C13H19NO2/c1-13(15,9-14)11-3-2-4-12(7-11)16-8-10-5-6-10/h2-4,7,10,15H,5-6,8-9,14H2,1H3/t13-/m1/s1. The quantitative estimate of drug-likeness (QED) is 0.794. The van der Waals surface area contributed by atoms with Crippen LogP contribution in [0.3, 0.4) is 0 Å². The Morgan fingerprint density at radius 1 is 1.50 bits per heavy atom. The second-order valence-corrected chi connectivity index (χ2v) is 4.76. The molecule has 16 heavy (non-hydrogen) atoms. The zero-order valence-corrected chi connectivity index (χ0v) is 9.65. The third-order valence-corrected chi connectivity index (χ3v) is 3.04. The highest BCUT2D eigenvalue weighted by atomic mass is 16.5. The first kappa shape index (κ1) is 11.4. The molecule has 1 aliphatic carbocycles. The summed E-state index contributed by atoms with van der Waals surface area (Å²) < 4.78 is 5.66. The lowest BCUT2D eigenvalue weighted by Crippen LogP contribution is -2.31. The van der Waals surface area contributed by atoms with E-state index in [2.05, 4.69) is 0 Å². The lowest BCUT2D eigenvalue weighted by Gasteiger charge is -2.22. The molecule has 1 fully saturated rings. The smallest absolute Gasteiger partial charge is 0.119 e. The van der Waals surface area contributed by atoms with Crippen molar-refractivity contribution in [3.63, 3.8) is 0 Å². The summed E-state index contributed by atoms with van der Waals surface area (Å²) in [6, 6.07) is 7.55. The summed E-state index contributed by atoms with van der Waals surface area (Å²) in [5.41, 5.74) is 5.37. The maximum absolute atomic E-state index is 10.0. The molecule has 0 aromatic heterocycles. The summed E-state index contributed by atoms with van der Waals surface area (Å²) >= 11 is 0. The number of ether oxygens (including phenoxy) is 1. The fraction of sp³-hybridized carbons (Fsp3) is 0.538. The van der Waals surface area contributed by atoms with Crippen molar-refractivity contribution in [1.82, 2.24) is 0 Å². The lowest BCUT2D eigenvalue weighted by molar-refractivity contribution is 0.0665. The Labute approximate surface area is 96.2 Å². The maximum Gasteiger partial charge on any atom is 0.119 e. The van der Waals surface area contributed by atoms with Crippen LogP contribution in [-0.4, -0.2) is 18.3 Å². The summed E-state index contributed by atoms with van der Waals surface area (Å²) in [5.74, 6) is 1.55. The Hall–Kier alpha value is -1.06. The number of aliphatic hydroxyl groups is 1. The minimum atomic E-state index is -0.973. The monoisotopic (exact) mass is 221 g/mol. The molecule has 0 saturated heterocycles. The third kappa shape index (κ3) is 2.74. The number of benzene rings is 1. The zero-order valence-electron chi connectivity index (χ0n) is 9.65. The van der Waals surface area contributed by atoms with Gasteiger partial charge in [0.05, 0.1) is 12.2 Å². The van der Waals surface area contributed by atoms with Crippen LogP contribution in [-0.2, 0) is 5.60 Å². The van der Waals surface area contributed by atoms with Gasteiger partial charge >= 0.3 is 0 Å². The minimum Gasteiger partial charge on any atom is -0.493 e. The second kappa shape index (κ2) is 4.44. The predicted molar refractivity (Wildman–Crippen MR) is 63.3 cm³/mol. The predicted octanol–water partition coefficient (Wildman–Crippen LogP) is 1.64. The number of nitrogens with two attached hydrogens (primary N) is 1. The van der Waals surface area contributed by atoms with Crippen LogP contribution in [0.2, 0.25) is 0 Å². The van der Waals surface area contributed by atoms with E-state index in [1.165, 1.54) is 12.8 Å². The fourth-order valence-electron chi connectivity index (χ4n) is 1.54. The van der Waals surface area contributed by atoms with Crippen molar-refractivity contribution in [3.8, 4) is 5.75 Å². The summed E-state index contributed by atoms with van der Waals surface area (Å²) in [7, 11) is 0. The minimum absolute atomic E-state index is 0.207. The van der Waals surface area contributed by atoms with Gasteiger partial charge in [0, 0.05) is 6.54 Å². The van der Waals surface area contributed by atoms with Crippen LogP contribution in [0, 0.1) is 5.92 Å². The molecule has 1 aromatic rings. The normalized spacial score (nSPS) is 19.2. The van der Waals surface area contributed by atoms with Crippen LogP contribution in [0.5, 0.6) is 5.75 Å². The van der Waals surface area contributed by atoms with Crippen molar-refractivity contribution < 1.29 is 9.84 Å². The summed E-state index contributed by atoms with van der Waals surface area (Å²) in [6.07, 6.45) is 2.56. The average Bonchev–Trinajstić information content (AvgIpc) is 3.11. The Kier molecular flexibility index (Phi) is 3.17. The molecule has 0 unspecified atom stereocenters. The molecular weight excluding hydrogens is 202 g/mol. The van der Waals surface area contributed by atoms with Crippen molar-refractivity contribution in [2.24, 2.45) is 11.7 Å². The van der Waals surface area contributed by atoms with Crippen molar-refractivity contribution in [2.45, 2.75) is 25.4 Å². The van der Waals surface area contributed by atoms with Crippen LogP contribution < -0.4 is 10.5 Å². The molecule has 0 amide bonds. The van der Waals surface area contributed by atoms with Crippen LogP contribution >= 0.6 is 0 Å². The average molecular weight is 221 g/mol. The molecule has 88 valence electrons. The van der Waals surface area contributed by atoms with Crippen molar-refractivity contribution >= 4 is 0 Å². The molecule has 3 N–H and O–H groups in total. The fourth-order valence-corrected chi connectivity index (χ4v) is 1.54. The van der Waals surface area contributed by atoms with Crippen LogP contribution in [0.15, 0.2) is 24.3 Å². The summed E-state index contributed by atoms with van der Waals surface area (Å²) in [6.45, 7) is 2.71. The first-order chi connectivity index (χ1) is 7.62. The Morgan fingerprint density at radius 3 is 2.88 bits per heavy atom. The van der Waals surface area contributed by atoms with Gasteiger partial charge in [-0.3, -0.25) is 0 Å². The number of rotatable bonds is 5. The topological polar surface area (TPSA) is 55.5 Å². The molecule has 0 heterocycles. The van der Waals surface area contributed by atoms with E-state index in [9.17, 15) is 5.11 Å². The lowest BCUT2D eigenvalue weighted by atomic mass is 9.96. The Balaban J connectivity index is 2.05. The zero-order chi connectivity index (χ0) is 11.6. The Bertz CT molecular complexity index is 359. The molecule has 0 radical (unpaired) electrons. The second-order valence-electron chi connectivity index (χ2n) is 4.76. The van der Waals surface area contributed by atoms with E-state index in [1.807, 2.05) is 24.3 Å². The van der Waals surface area contributed by atoms with E-state index in [-0.39, 0.29) is 6.54 Å². The van der Waals surface area contributed by atoms with E-state index in [0.29, 0.717) is 0 Å². The van der Waals surface area contributed by atoms with E-state index in [4.69, 9.17) is 10.5 Å².